The Hall–Kier alpha value is -2.02. The molecule has 0 spiro atoms. The molecule has 0 amide bonds. The van der Waals surface area contributed by atoms with Crippen LogP contribution in [0.15, 0.2) is 66.0 Å². The lowest BCUT2D eigenvalue weighted by Crippen LogP contribution is -2.34. The van der Waals surface area contributed by atoms with Gasteiger partial charge in [-0.3, -0.25) is 0 Å². The third-order valence-corrected chi connectivity index (χ3v) is 5.66. The molecule has 1 aliphatic heterocycles. The lowest BCUT2D eigenvalue weighted by atomic mass is 9.60. The predicted octanol–water partition coefficient (Wildman–Crippen LogP) is 5.59. The fourth-order valence-corrected chi connectivity index (χ4v) is 3.58. The van der Waals surface area contributed by atoms with Crippen molar-refractivity contribution < 1.29 is 4.74 Å². The Kier molecular flexibility index (Phi) is 2.64. The summed E-state index contributed by atoms with van der Waals surface area (Å²) >= 11 is 0. The highest BCUT2D eigenvalue weighted by atomic mass is 16.5. The van der Waals surface area contributed by atoms with Gasteiger partial charge in [-0.2, -0.15) is 0 Å². The molecule has 2 aliphatic carbocycles. The minimum absolute atomic E-state index is 0.0293. The van der Waals surface area contributed by atoms with Crippen LogP contribution in [0.2, 0.25) is 0 Å². The van der Waals surface area contributed by atoms with Crippen molar-refractivity contribution in [1.82, 2.24) is 0 Å². The number of rotatable bonds is 0. The van der Waals surface area contributed by atoms with Crippen molar-refractivity contribution in [3.8, 4) is 0 Å². The monoisotopic (exact) mass is 290 g/mol. The molecule has 0 bridgehead atoms. The average Bonchev–Trinajstić information content (AvgIpc) is 2.49. The number of hydrogen-bond donors (Lipinski definition) is 0. The van der Waals surface area contributed by atoms with E-state index in [-0.39, 0.29) is 16.9 Å². The zero-order valence-corrected chi connectivity index (χ0v) is 13.7. The van der Waals surface area contributed by atoms with Gasteiger partial charge in [-0.05, 0) is 33.6 Å². The van der Waals surface area contributed by atoms with Crippen LogP contribution in [0.3, 0.4) is 0 Å². The fourth-order valence-electron chi connectivity index (χ4n) is 3.58. The molecule has 1 nitrogen and oxygen atoms in total. The number of benzene rings is 1. The van der Waals surface area contributed by atoms with Gasteiger partial charge in [0.25, 0.3) is 0 Å². The molecule has 1 heteroatoms. The van der Waals surface area contributed by atoms with Crippen molar-refractivity contribution >= 4 is 5.57 Å². The fraction of sp³-hybridized carbons (Fsp3) is 0.333. The normalized spacial score (nSPS) is 26.5. The van der Waals surface area contributed by atoms with Crippen LogP contribution < -0.4 is 0 Å². The van der Waals surface area contributed by atoms with E-state index in [9.17, 15) is 0 Å². The minimum Gasteiger partial charge on any atom is -0.489 e. The van der Waals surface area contributed by atoms with Crippen LogP contribution in [0.5, 0.6) is 0 Å². The van der Waals surface area contributed by atoms with Crippen LogP contribution in [-0.2, 0) is 4.74 Å². The van der Waals surface area contributed by atoms with Gasteiger partial charge in [0.2, 0.25) is 0 Å². The van der Waals surface area contributed by atoms with E-state index in [2.05, 4.69) is 70.2 Å². The molecule has 1 unspecified atom stereocenters. The van der Waals surface area contributed by atoms with Gasteiger partial charge in [-0.25, -0.2) is 0 Å². The van der Waals surface area contributed by atoms with E-state index in [4.69, 9.17) is 4.74 Å². The van der Waals surface area contributed by atoms with Crippen LogP contribution >= 0.6 is 0 Å². The standard InChI is InChI=1S/C21H22O/c1-20(2)12-17-14-8-5-6-9-15(14)19-16(10-7-11-22-19)18(17)13-21(20,3)4/h5-13,19H,1-4H3. The molecule has 0 radical (unpaired) electrons. The molecule has 3 aliphatic rings. The summed E-state index contributed by atoms with van der Waals surface area (Å²) in [5, 5.41) is 0. The van der Waals surface area contributed by atoms with Crippen molar-refractivity contribution in [2.75, 3.05) is 0 Å². The second-order valence-electron chi connectivity index (χ2n) is 7.61. The smallest absolute Gasteiger partial charge is 0.149 e. The maximum absolute atomic E-state index is 5.96. The van der Waals surface area contributed by atoms with Crippen LogP contribution in [-0.4, -0.2) is 0 Å². The van der Waals surface area contributed by atoms with Crippen LogP contribution in [0.25, 0.3) is 5.57 Å². The molecule has 0 N–H and O–H groups in total. The second kappa shape index (κ2) is 4.25. The summed E-state index contributed by atoms with van der Waals surface area (Å²) in [6, 6.07) is 8.64. The van der Waals surface area contributed by atoms with Crippen LogP contribution in [0.4, 0.5) is 0 Å². The molecule has 0 saturated carbocycles. The molecule has 22 heavy (non-hydrogen) atoms. The third-order valence-electron chi connectivity index (χ3n) is 5.66. The first-order valence-corrected chi connectivity index (χ1v) is 7.99. The molecule has 0 aromatic heterocycles. The summed E-state index contributed by atoms with van der Waals surface area (Å²) in [5.41, 5.74) is 6.82. The van der Waals surface area contributed by atoms with E-state index >= 15 is 0 Å². The SMILES string of the molecule is CC1(C)C=C2C(=CC1(C)C)c1ccccc1C1OC=CC=C21. The van der Waals surface area contributed by atoms with Crippen molar-refractivity contribution in [2.45, 2.75) is 33.8 Å². The first-order valence-electron chi connectivity index (χ1n) is 7.99. The summed E-state index contributed by atoms with van der Waals surface area (Å²) < 4.78 is 5.96. The highest BCUT2D eigenvalue weighted by Crippen LogP contribution is 2.55. The number of ether oxygens (including phenoxy) is 1. The largest absolute Gasteiger partial charge is 0.489 e. The Bertz CT molecular complexity index is 769. The lowest BCUT2D eigenvalue weighted by Gasteiger charge is -2.45. The number of hydrogen-bond acceptors (Lipinski definition) is 1. The Morgan fingerprint density at radius 1 is 0.909 bits per heavy atom. The Labute approximate surface area is 132 Å². The first kappa shape index (κ1) is 13.6. The highest BCUT2D eigenvalue weighted by Gasteiger charge is 2.42. The summed E-state index contributed by atoms with van der Waals surface area (Å²) in [7, 11) is 0. The summed E-state index contributed by atoms with van der Waals surface area (Å²) in [5.74, 6) is 0. The molecule has 4 rings (SSSR count). The number of allylic oxidation sites excluding steroid dienone is 5. The predicted molar refractivity (Wildman–Crippen MR) is 91.1 cm³/mol. The van der Waals surface area contributed by atoms with Crippen LogP contribution in [0, 0.1) is 10.8 Å². The Morgan fingerprint density at radius 3 is 2.36 bits per heavy atom. The highest BCUT2D eigenvalue weighted by molar-refractivity contribution is 5.90. The first-order chi connectivity index (χ1) is 10.4. The minimum atomic E-state index is 0.0293. The Morgan fingerprint density at radius 2 is 1.59 bits per heavy atom. The third kappa shape index (κ3) is 1.71. The van der Waals surface area contributed by atoms with Gasteiger partial charge in [0.1, 0.15) is 6.10 Å². The van der Waals surface area contributed by atoms with Crippen molar-refractivity contribution in [3.63, 3.8) is 0 Å². The molecule has 1 heterocycles. The quantitative estimate of drug-likeness (QED) is 0.605. The van der Waals surface area contributed by atoms with Gasteiger partial charge in [-0.1, -0.05) is 70.2 Å². The molecular weight excluding hydrogens is 268 g/mol. The van der Waals surface area contributed by atoms with Crippen molar-refractivity contribution in [1.29, 1.82) is 0 Å². The summed E-state index contributed by atoms with van der Waals surface area (Å²) in [6.07, 6.45) is 10.9. The maximum Gasteiger partial charge on any atom is 0.149 e. The molecule has 112 valence electrons. The zero-order valence-electron chi connectivity index (χ0n) is 13.7. The topological polar surface area (TPSA) is 9.23 Å². The average molecular weight is 290 g/mol. The zero-order chi connectivity index (χ0) is 15.5. The lowest BCUT2D eigenvalue weighted by molar-refractivity contribution is 0.173. The van der Waals surface area contributed by atoms with Gasteiger partial charge < -0.3 is 4.74 Å². The molecular formula is C21H22O. The van der Waals surface area contributed by atoms with Gasteiger partial charge in [0, 0.05) is 11.1 Å². The van der Waals surface area contributed by atoms with Gasteiger partial charge in [0.05, 0.1) is 6.26 Å². The number of fused-ring (bicyclic) bond motifs is 6. The van der Waals surface area contributed by atoms with E-state index in [0.29, 0.717) is 0 Å². The molecule has 0 fully saturated rings. The van der Waals surface area contributed by atoms with E-state index < -0.39 is 0 Å². The van der Waals surface area contributed by atoms with Crippen molar-refractivity contribution in [3.05, 3.63) is 77.1 Å². The molecule has 1 atom stereocenters. The van der Waals surface area contributed by atoms with Gasteiger partial charge >= 0.3 is 0 Å². The maximum atomic E-state index is 5.96. The van der Waals surface area contributed by atoms with E-state index in [1.807, 2.05) is 6.08 Å². The van der Waals surface area contributed by atoms with Gasteiger partial charge in [-0.15, -0.1) is 0 Å². The second-order valence-corrected chi connectivity index (χ2v) is 7.61. The van der Waals surface area contributed by atoms with E-state index in [1.165, 1.54) is 27.8 Å². The van der Waals surface area contributed by atoms with E-state index in [0.717, 1.165) is 0 Å². The Balaban J connectivity index is 2.03. The molecule has 1 aromatic rings. The van der Waals surface area contributed by atoms with E-state index in [1.54, 1.807) is 6.26 Å². The van der Waals surface area contributed by atoms with Crippen LogP contribution in [0.1, 0.15) is 44.9 Å². The van der Waals surface area contributed by atoms with Gasteiger partial charge in [0.15, 0.2) is 0 Å². The molecule has 0 saturated heterocycles. The van der Waals surface area contributed by atoms with Crippen molar-refractivity contribution in [2.24, 2.45) is 10.8 Å². The summed E-state index contributed by atoms with van der Waals surface area (Å²) in [4.78, 5) is 0. The summed E-state index contributed by atoms with van der Waals surface area (Å²) in [6.45, 7) is 9.30. The molecule has 1 aromatic carbocycles.